The summed E-state index contributed by atoms with van der Waals surface area (Å²) in [7, 11) is 0. The molecule has 0 radical (unpaired) electrons. The van der Waals surface area contributed by atoms with Crippen LogP contribution in [0.25, 0.3) is 0 Å². The van der Waals surface area contributed by atoms with Gasteiger partial charge in [-0.2, -0.15) is 0 Å². The standard InChI is InChI=1S/C7H8N4O/c1-4-3-5(2)9-7-6(8-4)10-12-11-7/h3H2,1-2H3. The zero-order valence-corrected chi connectivity index (χ0v) is 6.90. The van der Waals surface area contributed by atoms with Crippen molar-refractivity contribution in [3.63, 3.8) is 0 Å². The maximum atomic E-state index is 4.51. The van der Waals surface area contributed by atoms with Crippen LogP contribution in [0.2, 0.25) is 0 Å². The average Bonchev–Trinajstić information content (AvgIpc) is 2.31. The summed E-state index contributed by atoms with van der Waals surface area (Å²) in [5.41, 5.74) is 1.96. The summed E-state index contributed by atoms with van der Waals surface area (Å²) in [5, 5.41) is 7.24. The van der Waals surface area contributed by atoms with Crippen LogP contribution in [0.3, 0.4) is 0 Å². The lowest BCUT2D eigenvalue weighted by atomic mass is 10.2. The van der Waals surface area contributed by atoms with Crippen LogP contribution in [0.1, 0.15) is 20.3 Å². The monoisotopic (exact) mass is 164 g/mol. The molecule has 1 aromatic heterocycles. The summed E-state index contributed by atoms with van der Waals surface area (Å²) >= 11 is 0. The molecule has 5 nitrogen and oxygen atoms in total. The molecule has 2 heterocycles. The molecule has 0 N–H and O–H groups in total. The Labute approximate surface area is 69.2 Å². The Hall–Kier alpha value is -1.52. The highest BCUT2D eigenvalue weighted by molar-refractivity contribution is 6.05. The lowest BCUT2D eigenvalue weighted by Gasteiger charge is -1.92. The Kier molecular flexibility index (Phi) is 1.49. The molecule has 2 rings (SSSR count). The maximum absolute atomic E-state index is 4.51. The molecule has 0 atom stereocenters. The van der Waals surface area contributed by atoms with Crippen LogP contribution in [-0.4, -0.2) is 21.7 Å². The summed E-state index contributed by atoms with van der Waals surface area (Å²) in [6.07, 6.45) is 0.776. The third-order valence-corrected chi connectivity index (χ3v) is 1.56. The van der Waals surface area contributed by atoms with Gasteiger partial charge in [0.1, 0.15) is 0 Å². The summed E-state index contributed by atoms with van der Waals surface area (Å²) in [5.74, 6) is 0.953. The van der Waals surface area contributed by atoms with E-state index in [1.807, 2.05) is 13.8 Å². The second kappa shape index (κ2) is 2.51. The molecule has 1 aliphatic rings. The van der Waals surface area contributed by atoms with Crippen LogP contribution in [0.15, 0.2) is 14.6 Å². The van der Waals surface area contributed by atoms with Crippen molar-refractivity contribution in [2.75, 3.05) is 0 Å². The van der Waals surface area contributed by atoms with Crippen LogP contribution < -0.4 is 0 Å². The fraction of sp³-hybridized carbons (Fsp3) is 0.429. The molecule has 0 amide bonds. The highest BCUT2D eigenvalue weighted by Crippen LogP contribution is 2.25. The number of aromatic nitrogens is 2. The first-order chi connectivity index (χ1) is 5.75. The van der Waals surface area contributed by atoms with Gasteiger partial charge < -0.3 is 0 Å². The molecule has 62 valence electrons. The lowest BCUT2D eigenvalue weighted by Crippen LogP contribution is -1.97. The molecule has 5 heteroatoms. The number of hydrogen-bond donors (Lipinski definition) is 0. The first-order valence-corrected chi connectivity index (χ1v) is 3.66. The van der Waals surface area contributed by atoms with E-state index in [0.717, 1.165) is 17.8 Å². The minimum Gasteiger partial charge on any atom is -0.240 e. The molecule has 0 fully saturated rings. The van der Waals surface area contributed by atoms with Gasteiger partial charge in [-0.1, -0.05) is 0 Å². The number of rotatable bonds is 0. The van der Waals surface area contributed by atoms with E-state index in [1.54, 1.807) is 0 Å². The predicted molar refractivity (Wildman–Crippen MR) is 44.5 cm³/mol. The lowest BCUT2D eigenvalue weighted by molar-refractivity contribution is 0.309. The summed E-state index contributed by atoms with van der Waals surface area (Å²) in [6, 6.07) is 0. The Bertz CT molecular complexity index is 331. The number of hydrogen-bond acceptors (Lipinski definition) is 5. The Morgan fingerprint density at radius 2 is 1.50 bits per heavy atom. The molecule has 12 heavy (non-hydrogen) atoms. The zero-order valence-electron chi connectivity index (χ0n) is 6.90. The van der Waals surface area contributed by atoms with Gasteiger partial charge in [-0.3, -0.25) is 0 Å². The fourth-order valence-electron chi connectivity index (χ4n) is 1.13. The first-order valence-electron chi connectivity index (χ1n) is 3.66. The van der Waals surface area contributed by atoms with Gasteiger partial charge in [-0.15, -0.1) is 0 Å². The summed E-state index contributed by atoms with van der Waals surface area (Å²) in [6.45, 7) is 3.87. The molecular formula is C7H8N4O. The average molecular weight is 164 g/mol. The fourth-order valence-corrected chi connectivity index (χ4v) is 1.13. The second-order valence-electron chi connectivity index (χ2n) is 2.78. The zero-order chi connectivity index (χ0) is 8.55. The van der Waals surface area contributed by atoms with Crippen molar-refractivity contribution in [1.82, 2.24) is 10.3 Å². The van der Waals surface area contributed by atoms with Crippen LogP contribution >= 0.6 is 0 Å². The van der Waals surface area contributed by atoms with Crippen molar-refractivity contribution >= 4 is 23.1 Å². The van der Waals surface area contributed by atoms with E-state index in [2.05, 4.69) is 24.9 Å². The van der Waals surface area contributed by atoms with Gasteiger partial charge in [0, 0.05) is 17.8 Å². The molecular weight excluding hydrogens is 156 g/mol. The first kappa shape index (κ1) is 7.15. The molecule has 0 saturated carbocycles. The molecule has 1 aromatic rings. The minimum absolute atomic E-state index is 0.476. The van der Waals surface area contributed by atoms with E-state index in [4.69, 9.17) is 0 Å². The number of fused-ring (bicyclic) bond motifs is 1. The van der Waals surface area contributed by atoms with E-state index in [0.29, 0.717) is 11.6 Å². The van der Waals surface area contributed by atoms with E-state index in [1.165, 1.54) is 0 Å². The van der Waals surface area contributed by atoms with E-state index in [9.17, 15) is 0 Å². The molecule has 0 aliphatic carbocycles. The van der Waals surface area contributed by atoms with Gasteiger partial charge in [0.15, 0.2) is 0 Å². The minimum atomic E-state index is 0.476. The number of aliphatic imine (C=N–C) groups is 2. The molecule has 0 spiro atoms. The van der Waals surface area contributed by atoms with Gasteiger partial charge >= 0.3 is 0 Å². The smallest absolute Gasteiger partial charge is 0.240 e. The van der Waals surface area contributed by atoms with Crippen molar-refractivity contribution in [2.24, 2.45) is 9.98 Å². The Balaban J connectivity index is 2.56. The Morgan fingerprint density at radius 3 is 2.00 bits per heavy atom. The second-order valence-corrected chi connectivity index (χ2v) is 2.78. The van der Waals surface area contributed by atoms with Gasteiger partial charge in [0.25, 0.3) is 0 Å². The molecule has 0 unspecified atom stereocenters. The molecule has 0 aromatic carbocycles. The third-order valence-electron chi connectivity index (χ3n) is 1.56. The van der Waals surface area contributed by atoms with Crippen molar-refractivity contribution < 1.29 is 4.63 Å². The Morgan fingerprint density at radius 1 is 1.00 bits per heavy atom. The maximum Gasteiger partial charge on any atom is 0.243 e. The summed E-state index contributed by atoms with van der Waals surface area (Å²) < 4.78 is 4.51. The SMILES string of the molecule is CC1=Nc2nonc2N=C(C)C1. The normalized spacial score (nSPS) is 16.2. The van der Waals surface area contributed by atoms with Crippen LogP contribution in [0.5, 0.6) is 0 Å². The molecule has 1 aliphatic heterocycles. The van der Waals surface area contributed by atoms with E-state index in [-0.39, 0.29) is 0 Å². The largest absolute Gasteiger partial charge is 0.243 e. The van der Waals surface area contributed by atoms with E-state index < -0.39 is 0 Å². The highest BCUT2D eigenvalue weighted by Gasteiger charge is 2.12. The topological polar surface area (TPSA) is 63.6 Å². The van der Waals surface area contributed by atoms with Crippen molar-refractivity contribution in [3.8, 4) is 0 Å². The van der Waals surface area contributed by atoms with Crippen molar-refractivity contribution in [3.05, 3.63) is 0 Å². The van der Waals surface area contributed by atoms with E-state index >= 15 is 0 Å². The predicted octanol–water partition coefficient (Wildman–Crippen LogP) is 1.66. The van der Waals surface area contributed by atoms with Gasteiger partial charge in [-0.05, 0) is 24.2 Å². The number of nitrogens with zero attached hydrogens (tertiary/aromatic N) is 4. The molecule has 0 saturated heterocycles. The van der Waals surface area contributed by atoms with Crippen molar-refractivity contribution in [2.45, 2.75) is 20.3 Å². The van der Waals surface area contributed by atoms with Gasteiger partial charge in [0.2, 0.25) is 11.6 Å². The summed E-state index contributed by atoms with van der Waals surface area (Å²) in [4.78, 5) is 8.37. The quantitative estimate of drug-likeness (QED) is 0.585. The van der Waals surface area contributed by atoms with Crippen LogP contribution in [0.4, 0.5) is 11.6 Å². The van der Waals surface area contributed by atoms with Crippen LogP contribution in [-0.2, 0) is 0 Å². The third kappa shape index (κ3) is 1.13. The van der Waals surface area contributed by atoms with Crippen LogP contribution in [0, 0.1) is 0 Å². The van der Waals surface area contributed by atoms with Gasteiger partial charge in [0.05, 0.1) is 0 Å². The van der Waals surface area contributed by atoms with Crippen molar-refractivity contribution in [1.29, 1.82) is 0 Å². The van der Waals surface area contributed by atoms with Gasteiger partial charge in [-0.25, -0.2) is 14.6 Å². The molecule has 0 bridgehead atoms. The highest BCUT2D eigenvalue weighted by atomic mass is 16.6.